The molecule has 1 aliphatic heterocycles. The Kier molecular flexibility index (Phi) is 3.53. The molecule has 0 amide bonds. The standard InChI is InChI=1S/C11H14ClN3O4/c1-2-11(5-16)8(17)7(12)9(19-11)15-4-3-6(13)14-10(15)18/h3-4,8,16-17H,2,5H2,1H3,(H2,13,14,18)/t8-,11+/m0/s1. The highest BCUT2D eigenvalue weighted by molar-refractivity contribution is 6.32. The van der Waals surface area contributed by atoms with Gasteiger partial charge in [0, 0.05) is 6.20 Å². The lowest BCUT2D eigenvalue weighted by molar-refractivity contribution is -0.0723. The Hall–Kier alpha value is -1.57. The van der Waals surface area contributed by atoms with E-state index in [4.69, 9.17) is 22.1 Å². The summed E-state index contributed by atoms with van der Waals surface area (Å²) in [5, 5.41) is 19.4. The van der Waals surface area contributed by atoms with E-state index in [1.807, 2.05) is 0 Å². The summed E-state index contributed by atoms with van der Waals surface area (Å²) in [5.74, 6) is 0.0306. The molecule has 0 fully saturated rings. The molecule has 2 heterocycles. The molecule has 0 aliphatic carbocycles. The van der Waals surface area contributed by atoms with E-state index >= 15 is 0 Å². The summed E-state index contributed by atoms with van der Waals surface area (Å²) < 4.78 is 6.55. The van der Waals surface area contributed by atoms with Gasteiger partial charge in [-0.15, -0.1) is 0 Å². The van der Waals surface area contributed by atoms with Gasteiger partial charge in [0.05, 0.1) is 6.61 Å². The van der Waals surface area contributed by atoms with Gasteiger partial charge in [-0.3, -0.25) is 0 Å². The maximum Gasteiger partial charge on any atom is 0.356 e. The zero-order valence-electron chi connectivity index (χ0n) is 10.2. The van der Waals surface area contributed by atoms with E-state index in [-0.39, 0.29) is 16.7 Å². The molecule has 0 spiro atoms. The topological polar surface area (TPSA) is 111 Å². The van der Waals surface area contributed by atoms with Crippen molar-refractivity contribution < 1.29 is 14.9 Å². The van der Waals surface area contributed by atoms with Gasteiger partial charge < -0.3 is 20.7 Å². The number of halogens is 1. The first kappa shape index (κ1) is 13.9. The molecule has 2 atom stereocenters. The summed E-state index contributed by atoms with van der Waals surface area (Å²) >= 11 is 5.99. The van der Waals surface area contributed by atoms with E-state index in [1.165, 1.54) is 12.3 Å². The van der Waals surface area contributed by atoms with Crippen LogP contribution >= 0.6 is 11.6 Å². The van der Waals surface area contributed by atoms with Crippen molar-refractivity contribution in [1.82, 2.24) is 9.55 Å². The van der Waals surface area contributed by atoms with Crippen LogP contribution in [0.3, 0.4) is 0 Å². The maximum atomic E-state index is 11.7. The van der Waals surface area contributed by atoms with Crippen molar-refractivity contribution in [2.75, 3.05) is 12.3 Å². The summed E-state index contributed by atoms with van der Waals surface area (Å²) in [6.45, 7) is 1.30. The smallest absolute Gasteiger partial charge is 0.356 e. The molecular formula is C11H14ClN3O4. The molecule has 2 rings (SSSR count). The highest BCUT2D eigenvalue weighted by Gasteiger charge is 2.48. The molecule has 0 saturated carbocycles. The van der Waals surface area contributed by atoms with Gasteiger partial charge in [-0.05, 0) is 12.5 Å². The van der Waals surface area contributed by atoms with Gasteiger partial charge in [-0.25, -0.2) is 9.36 Å². The quantitative estimate of drug-likeness (QED) is 0.705. The van der Waals surface area contributed by atoms with Gasteiger partial charge in [0.25, 0.3) is 0 Å². The molecule has 8 heteroatoms. The van der Waals surface area contributed by atoms with E-state index in [2.05, 4.69) is 4.98 Å². The van der Waals surface area contributed by atoms with Crippen LogP contribution in [0.4, 0.5) is 5.82 Å². The zero-order valence-corrected chi connectivity index (χ0v) is 11.0. The second-order valence-corrected chi connectivity index (χ2v) is 4.65. The molecule has 1 aliphatic rings. The lowest BCUT2D eigenvalue weighted by atomic mass is 9.96. The van der Waals surface area contributed by atoms with Crippen molar-refractivity contribution in [3.8, 4) is 0 Å². The molecule has 1 aromatic rings. The van der Waals surface area contributed by atoms with Crippen molar-refractivity contribution >= 4 is 23.3 Å². The fourth-order valence-electron chi connectivity index (χ4n) is 1.88. The largest absolute Gasteiger partial charge is 0.465 e. The second kappa shape index (κ2) is 4.84. The molecule has 104 valence electrons. The van der Waals surface area contributed by atoms with Crippen LogP contribution in [0, 0.1) is 0 Å². The van der Waals surface area contributed by atoms with Crippen LogP contribution in [0.5, 0.6) is 0 Å². The number of aliphatic hydroxyl groups is 2. The first-order chi connectivity index (χ1) is 8.95. The van der Waals surface area contributed by atoms with Crippen molar-refractivity contribution in [3.63, 3.8) is 0 Å². The molecule has 0 radical (unpaired) electrons. The van der Waals surface area contributed by atoms with Crippen molar-refractivity contribution in [2.45, 2.75) is 25.0 Å². The fraction of sp³-hybridized carbons (Fsp3) is 0.455. The third kappa shape index (κ3) is 2.09. The summed E-state index contributed by atoms with van der Waals surface area (Å²) in [7, 11) is 0. The molecule has 4 N–H and O–H groups in total. The van der Waals surface area contributed by atoms with E-state index in [0.29, 0.717) is 6.42 Å². The first-order valence-corrected chi connectivity index (χ1v) is 6.06. The number of hydrogen-bond donors (Lipinski definition) is 3. The lowest BCUT2D eigenvalue weighted by Gasteiger charge is -2.29. The number of aromatic nitrogens is 2. The minimum atomic E-state index is -1.24. The van der Waals surface area contributed by atoms with Crippen LogP contribution < -0.4 is 11.4 Å². The Morgan fingerprint density at radius 3 is 2.84 bits per heavy atom. The van der Waals surface area contributed by atoms with Crippen LogP contribution in [0.15, 0.2) is 22.1 Å². The number of hydrogen-bond acceptors (Lipinski definition) is 6. The minimum Gasteiger partial charge on any atom is -0.465 e. The molecule has 0 bridgehead atoms. The van der Waals surface area contributed by atoms with Crippen LogP contribution in [0.2, 0.25) is 0 Å². The fourth-order valence-corrected chi connectivity index (χ4v) is 2.20. The van der Waals surface area contributed by atoms with Crippen LogP contribution in [0.25, 0.3) is 5.88 Å². The summed E-state index contributed by atoms with van der Waals surface area (Å²) in [6.07, 6.45) is 0.461. The number of nitrogens with two attached hydrogens (primary N) is 1. The van der Waals surface area contributed by atoms with E-state index in [9.17, 15) is 15.0 Å². The lowest BCUT2D eigenvalue weighted by Crippen LogP contribution is -2.43. The molecule has 0 saturated heterocycles. The van der Waals surface area contributed by atoms with Crippen molar-refractivity contribution in [2.24, 2.45) is 0 Å². The minimum absolute atomic E-state index is 0.0393. The summed E-state index contributed by atoms with van der Waals surface area (Å²) in [5.41, 5.74) is 3.47. The summed E-state index contributed by atoms with van der Waals surface area (Å²) in [6, 6.07) is 1.40. The number of ether oxygens (including phenoxy) is 1. The molecule has 0 aromatic carbocycles. The molecular weight excluding hydrogens is 274 g/mol. The number of nitrogen functional groups attached to an aromatic ring is 1. The highest BCUT2D eigenvalue weighted by atomic mass is 35.5. The summed E-state index contributed by atoms with van der Waals surface area (Å²) in [4.78, 5) is 15.3. The third-order valence-electron chi connectivity index (χ3n) is 3.15. The molecule has 0 unspecified atom stereocenters. The highest BCUT2D eigenvalue weighted by Crippen LogP contribution is 2.40. The number of nitrogens with zero attached hydrogens (tertiary/aromatic N) is 2. The predicted molar refractivity (Wildman–Crippen MR) is 69.2 cm³/mol. The zero-order chi connectivity index (χ0) is 14.2. The Labute approximate surface area is 113 Å². The van der Waals surface area contributed by atoms with Crippen molar-refractivity contribution in [1.29, 1.82) is 0 Å². The van der Waals surface area contributed by atoms with Gasteiger partial charge >= 0.3 is 5.69 Å². The van der Waals surface area contributed by atoms with Gasteiger partial charge in [0.15, 0.2) is 5.60 Å². The van der Waals surface area contributed by atoms with Crippen LogP contribution in [-0.2, 0) is 4.74 Å². The molecule has 7 nitrogen and oxygen atoms in total. The van der Waals surface area contributed by atoms with Crippen LogP contribution in [-0.4, -0.2) is 38.1 Å². The number of rotatable bonds is 3. The van der Waals surface area contributed by atoms with E-state index in [0.717, 1.165) is 4.57 Å². The van der Waals surface area contributed by atoms with Gasteiger partial charge in [0.1, 0.15) is 17.0 Å². The van der Waals surface area contributed by atoms with E-state index in [1.54, 1.807) is 6.92 Å². The SMILES string of the molecule is CC[C@]1(CO)OC(n2ccc(N)nc2=O)=C(Cl)[C@@H]1O. The third-order valence-corrected chi connectivity index (χ3v) is 3.52. The van der Waals surface area contributed by atoms with Crippen molar-refractivity contribution in [3.05, 3.63) is 27.8 Å². The monoisotopic (exact) mass is 287 g/mol. The average molecular weight is 288 g/mol. The Morgan fingerprint density at radius 1 is 1.68 bits per heavy atom. The molecule has 1 aromatic heterocycles. The Bertz CT molecular complexity index is 580. The van der Waals surface area contributed by atoms with Gasteiger partial charge in [-0.1, -0.05) is 18.5 Å². The Morgan fingerprint density at radius 2 is 2.37 bits per heavy atom. The first-order valence-electron chi connectivity index (χ1n) is 5.68. The van der Waals surface area contributed by atoms with Gasteiger partial charge in [-0.2, -0.15) is 4.98 Å². The van der Waals surface area contributed by atoms with E-state index < -0.39 is 24.0 Å². The average Bonchev–Trinajstić information content (AvgIpc) is 2.64. The second-order valence-electron chi connectivity index (χ2n) is 4.24. The predicted octanol–water partition coefficient (Wildman–Crippen LogP) is -0.277. The number of anilines is 1. The van der Waals surface area contributed by atoms with Gasteiger partial charge in [0.2, 0.25) is 5.88 Å². The Balaban J connectivity index is 2.49. The van der Waals surface area contributed by atoms with Crippen LogP contribution in [0.1, 0.15) is 13.3 Å². The number of aliphatic hydroxyl groups excluding tert-OH is 2. The molecule has 19 heavy (non-hydrogen) atoms. The maximum absolute atomic E-state index is 11.7. The normalized spacial score (nSPS) is 26.6.